The largest absolute Gasteiger partial charge is 0.466 e. The topological polar surface area (TPSA) is 61.8 Å². The lowest BCUT2D eigenvalue weighted by Crippen LogP contribution is -2.15. The molecular formula is C18H18O5. The summed E-state index contributed by atoms with van der Waals surface area (Å²) in [6.45, 7) is 1.66. The van der Waals surface area contributed by atoms with Crippen LogP contribution in [0, 0.1) is 0 Å². The molecule has 23 heavy (non-hydrogen) atoms. The number of fused-ring (bicyclic) bond motifs is 1. The predicted molar refractivity (Wildman–Crippen MR) is 82.3 cm³/mol. The standard InChI is InChI=1S/C18H18O5/c1-11-9-16(23-17(11)19)22-10-15(18(20)21-2)14-8-7-12-5-3-4-6-13(12)14/h3-6,9-10,14,16H,7-8H2,1-2H3/b15-10+. The van der Waals surface area contributed by atoms with Crippen molar-refractivity contribution in [2.45, 2.75) is 32.0 Å². The Morgan fingerprint density at radius 1 is 1.35 bits per heavy atom. The number of carbonyl (C=O) groups is 2. The number of cyclic esters (lactones) is 1. The summed E-state index contributed by atoms with van der Waals surface area (Å²) in [6.07, 6.45) is 3.89. The van der Waals surface area contributed by atoms with Gasteiger partial charge < -0.3 is 14.2 Å². The molecule has 5 nitrogen and oxygen atoms in total. The summed E-state index contributed by atoms with van der Waals surface area (Å²) in [5.74, 6) is -0.910. The van der Waals surface area contributed by atoms with E-state index in [1.807, 2.05) is 18.2 Å². The van der Waals surface area contributed by atoms with Gasteiger partial charge in [-0.3, -0.25) is 0 Å². The quantitative estimate of drug-likeness (QED) is 0.486. The second-order valence-electron chi connectivity index (χ2n) is 5.61. The van der Waals surface area contributed by atoms with E-state index in [9.17, 15) is 9.59 Å². The van der Waals surface area contributed by atoms with Crippen LogP contribution in [-0.2, 0) is 30.2 Å². The summed E-state index contributed by atoms with van der Waals surface area (Å²) < 4.78 is 15.4. The fraction of sp³-hybridized carbons (Fsp3) is 0.333. The van der Waals surface area contributed by atoms with Gasteiger partial charge in [-0.15, -0.1) is 0 Å². The molecule has 1 heterocycles. The first kappa shape index (κ1) is 15.3. The first-order chi connectivity index (χ1) is 11.1. The SMILES string of the molecule is COC(=O)/C(=C/OC1C=C(C)C(=O)O1)C1CCc2ccccc21. The third-order valence-corrected chi connectivity index (χ3v) is 4.19. The van der Waals surface area contributed by atoms with Gasteiger partial charge in [0.2, 0.25) is 0 Å². The molecule has 3 rings (SSSR count). The molecule has 0 radical (unpaired) electrons. The van der Waals surface area contributed by atoms with Crippen molar-refractivity contribution in [3.63, 3.8) is 0 Å². The van der Waals surface area contributed by atoms with Gasteiger partial charge in [-0.2, -0.15) is 0 Å². The molecule has 2 aliphatic rings. The predicted octanol–water partition coefficient (Wildman–Crippen LogP) is 2.62. The first-order valence-electron chi connectivity index (χ1n) is 7.51. The molecule has 5 heteroatoms. The normalized spacial score (nSPS) is 23.1. The van der Waals surface area contributed by atoms with Crippen LogP contribution in [0.3, 0.4) is 0 Å². The van der Waals surface area contributed by atoms with Crippen molar-refractivity contribution in [1.29, 1.82) is 0 Å². The number of rotatable bonds is 4. The molecule has 1 aliphatic carbocycles. The highest BCUT2D eigenvalue weighted by Gasteiger charge is 2.31. The molecule has 1 aliphatic heterocycles. The minimum Gasteiger partial charge on any atom is -0.466 e. The van der Waals surface area contributed by atoms with E-state index in [1.165, 1.54) is 18.9 Å². The molecule has 0 fully saturated rings. The Bertz CT molecular complexity index is 701. The third kappa shape index (κ3) is 2.99. The summed E-state index contributed by atoms with van der Waals surface area (Å²) >= 11 is 0. The molecule has 1 aromatic carbocycles. The van der Waals surface area contributed by atoms with E-state index < -0.39 is 18.2 Å². The minimum absolute atomic E-state index is 0.0687. The second kappa shape index (κ2) is 6.28. The number of hydrogen-bond donors (Lipinski definition) is 0. The fourth-order valence-electron chi connectivity index (χ4n) is 2.98. The number of hydrogen-bond acceptors (Lipinski definition) is 5. The highest BCUT2D eigenvalue weighted by molar-refractivity contribution is 5.91. The van der Waals surface area contributed by atoms with Crippen LogP contribution in [0.25, 0.3) is 0 Å². The van der Waals surface area contributed by atoms with Gasteiger partial charge in [0.25, 0.3) is 6.29 Å². The Morgan fingerprint density at radius 2 is 2.13 bits per heavy atom. The van der Waals surface area contributed by atoms with Crippen molar-refractivity contribution in [3.05, 3.63) is 58.9 Å². The number of benzene rings is 1. The van der Waals surface area contributed by atoms with Crippen LogP contribution in [0.5, 0.6) is 0 Å². The summed E-state index contributed by atoms with van der Waals surface area (Å²) in [5.41, 5.74) is 3.28. The number of carbonyl (C=O) groups excluding carboxylic acids is 2. The summed E-state index contributed by atoms with van der Waals surface area (Å²) in [7, 11) is 1.34. The van der Waals surface area contributed by atoms with Crippen molar-refractivity contribution >= 4 is 11.9 Å². The van der Waals surface area contributed by atoms with Gasteiger partial charge >= 0.3 is 11.9 Å². The minimum atomic E-state index is -0.793. The maximum absolute atomic E-state index is 12.1. The zero-order chi connectivity index (χ0) is 16.4. The Morgan fingerprint density at radius 3 is 2.83 bits per heavy atom. The molecule has 1 aromatic rings. The molecule has 120 valence electrons. The monoisotopic (exact) mass is 314 g/mol. The van der Waals surface area contributed by atoms with Crippen molar-refractivity contribution in [2.24, 2.45) is 0 Å². The van der Waals surface area contributed by atoms with E-state index in [0.29, 0.717) is 11.1 Å². The van der Waals surface area contributed by atoms with Crippen molar-refractivity contribution in [1.82, 2.24) is 0 Å². The molecule has 0 amide bonds. The highest BCUT2D eigenvalue weighted by Crippen LogP contribution is 2.38. The molecule has 0 aromatic heterocycles. The van der Waals surface area contributed by atoms with Crippen LogP contribution in [-0.4, -0.2) is 25.3 Å². The van der Waals surface area contributed by atoms with Crippen molar-refractivity contribution < 1.29 is 23.8 Å². The van der Waals surface area contributed by atoms with Gasteiger partial charge in [0.05, 0.1) is 18.9 Å². The summed E-state index contributed by atoms with van der Waals surface area (Å²) in [4.78, 5) is 23.5. The van der Waals surface area contributed by atoms with E-state index >= 15 is 0 Å². The zero-order valence-corrected chi connectivity index (χ0v) is 13.1. The molecule has 0 saturated heterocycles. The lowest BCUT2D eigenvalue weighted by atomic mass is 9.93. The van der Waals surface area contributed by atoms with E-state index in [1.54, 1.807) is 13.0 Å². The maximum atomic E-state index is 12.1. The molecule has 2 unspecified atom stereocenters. The zero-order valence-electron chi connectivity index (χ0n) is 13.1. The van der Waals surface area contributed by atoms with Gasteiger partial charge in [-0.1, -0.05) is 24.3 Å². The average Bonchev–Trinajstić information content (AvgIpc) is 3.11. The van der Waals surface area contributed by atoms with Gasteiger partial charge in [-0.25, -0.2) is 9.59 Å². The molecule has 0 N–H and O–H groups in total. The fourth-order valence-corrected chi connectivity index (χ4v) is 2.98. The van der Waals surface area contributed by atoms with E-state index in [4.69, 9.17) is 14.2 Å². The van der Waals surface area contributed by atoms with Crippen LogP contribution in [0.1, 0.15) is 30.4 Å². The second-order valence-corrected chi connectivity index (χ2v) is 5.61. The molecule has 0 bridgehead atoms. The lowest BCUT2D eigenvalue weighted by molar-refractivity contribution is -0.152. The van der Waals surface area contributed by atoms with E-state index in [0.717, 1.165) is 18.4 Å². The van der Waals surface area contributed by atoms with Gasteiger partial charge in [-0.05, 0) is 30.9 Å². The summed E-state index contributed by atoms with van der Waals surface area (Å²) in [6, 6.07) is 8.03. The molecule has 2 atom stereocenters. The van der Waals surface area contributed by atoms with Crippen molar-refractivity contribution in [3.8, 4) is 0 Å². The Balaban J connectivity index is 1.83. The highest BCUT2D eigenvalue weighted by atomic mass is 16.7. The van der Waals surface area contributed by atoms with Crippen LogP contribution in [0.15, 0.2) is 47.7 Å². The van der Waals surface area contributed by atoms with Gasteiger partial charge in [0.15, 0.2) is 0 Å². The Labute approximate surface area is 134 Å². The number of aryl methyl sites for hydroxylation is 1. The Hall–Kier alpha value is -2.56. The van der Waals surface area contributed by atoms with Gasteiger partial charge in [0, 0.05) is 17.6 Å². The number of esters is 2. The molecule has 0 saturated carbocycles. The van der Waals surface area contributed by atoms with Crippen LogP contribution < -0.4 is 0 Å². The maximum Gasteiger partial charge on any atom is 0.337 e. The van der Waals surface area contributed by atoms with Crippen LogP contribution in [0.2, 0.25) is 0 Å². The first-order valence-corrected chi connectivity index (χ1v) is 7.51. The third-order valence-electron chi connectivity index (χ3n) is 4.19. The van der Waals surface area contributed by atoms with E-state index in [-0.39, 0.29) is 5.92 Å². The average molecular weight is 314 g/mol. The van der Waals surface area contributed by atoms with Crippen molar-refractivity contribution in [2.75, 3.05) is 7.11 Å². The lowest BCUT2D eigenvalue weighted by Gasteiger charge is -2.16. The summed E-state index contributed by atoms with van der Waals surface area (Å²) in [5, 5.41) is 0. The van der Waals surface area contributed by atoms with Gasteiger partial charge in [0.1, 0.15) is 0 Å². The molecular weight excluding hydrogens is 296 g/mol. The van der Waals surface area contributed by atoms with Crippen LogP contribution in [0.4, 0.5) is 0 Å². The smallest absolute Gasteiger partial charge is 0.337 e. The number of methoxy groups -OCH3 is 1. The number of ether oxygens (including phenoxy) is 3. The van der Waals surface area contributed by atoms with E-state index in [2.05, 4.69) is 6.07 Å². The Kier molecular flexibility index (Phi) is 4.19. The van der Waals surface area contributed by atoms with Crippen LogP contribution >= 0.6 is 0 Å². The molecule has 0 spiro atoms.